The van der Waals surface area contributed by atoms with E-state index in [1.54, 1.807) is 0 Å². The average Bonchev–Trinajstić information content (AvgIpc) is 2.71. The Kier molecular flexibility index (Phi) is 4.53. The summed E-state index contributed by atoms with van der Waals surface area (Å²) in [5.74, 6) is 0.328. The third kappa shape index (κ3) is 2.90. The summed E-state index contributed by atoms with van der Waals surface area (Å²) < 4.78 is 27.2. The number of sulfonamides is 1. The Morgan fingerprint density at radius 1 is 1.43 bits per heavy atom. The van der Waals surface area contributed by atoms with Gasteiger partial charge in [-0.3, -0.25) is 4.79 Å². The van der Waals surface area contributed by atoms with Gasteiger partial charge in [-0.2, -0.15) is 0 Å². The molecular weight excluding hydrogens is 290 g/mol. The number of fused-ring (bicyclic) bond motifs is 2. The van der Waals surface area contributed by atoms with E-state index in [1.165, 1.54) is 0 Å². The van der Waals surface area contributed by atoms with Gasteiger partial charge in [-0.25, -0.2) is 13.1 Å². The number of aliphatic hydroxyl groups excluding tert-OH is 1. The van der Waals surface area contributed by atoms with Gasteiger partial charge in [0.05, 0.1) is 11.9 Å². The SMILES string of the molecule is CCC(O)CCNS(=O)(=O)CC12CCC(CC1=O)C2(C)C. The third-order valence-electron chi connectivity index (χ3n) is 5.85. The maximum absolute atomic E-state index is 12.3. The Morgan fingerprint density at radius 2 is 2.10 bits per heavy atom. The summed E-state index contributed by atoms with van der Waals surface area (Å²) in [6.07, 6.45) is 2.69. The normalized spacial score (nSPS) is 32.6. The molecule has 0 heterocycles. The highest BCUT2D eigenvalue weighted by molar-refractivity contribution is 7.89. The highest BCUT2D eigenvalue weighted by Crippen LogP contribution is 2.64. The lowest BCUT2D eigenvalue weighted by Crippen LogP contribution is -2.45. The van der Waals surface area contributed by atoms with Crippen LogP contribution in [0.4, 0.5) is 0 Å². The van der Waals surface area contributed by atoms with Crippen molar-refractivity contribution in [3.8, 4) is 0 Å². The molecule has 3 unspecified atom stereocenters. The number of carbonyl (C=O) groups is 1. The summed E-state index contributed by atoms with van der Waals surface area (Å²) in [5.41, 5.74) is -0.950. The van der Waals surface area contributed by atoms with Crippen molar-refractivity contribution < 1.29 is 18.3 Å². The molecular formula is C15H27NO4S. The standard InChI is InChI=1S/C15H27NO4S/c1-4-12(17)6-8-16-21(19,20)10-15-7-5-11(9-13(15)18)14(15,2)3/h11-12,16-17H,4-10H2,1-3H3. The van der Waals surface area contributed by atoms with Crippen LogP contribution in [0.25, 0.3) is 0 Å². The summed E-state index contributed by atoms with van der Waals surface area (Å²) in [6.45, 7) is 6.15. The van der Waals surface area contributed by atoms with Gasteiger partial charge >= 0.3 is 0 Å². The molecule has 6 heteroatoms. The minimum atomic E-state index is -3.50. The van der Waals surface area contributed by atoms with Crippen LogP contribution in [0.2, 0.25) is 0 Å². The van der Waals surface area contributed by atoms with Crippen LogP contribution in [0.15, 0.2) is 0 Å². The molecule has 2 bridgehead atoms. The number of Topliss-reactive ketones (excluding diaryl/α,β-unsaturated/α-hetero) is 1. The number of ketones is 1. The predicted octanol–water partition coefficient (Wildman–Crippen LogP) is 1.46. The Bertz CT molecular complexity index is 514. The summed E-state index contributed by atoms with van der Waals surface area (Å²) in [5, 5.41) is 9.48. The fourth-order valence-electron chi connectivity index (χ4n) is 4.07. The Balaban J connectivity index is 2.04. The van der Waals surface area contributed by atoms with Crippen molar-refractivity contribution >= 4 is 15.8 Å². The first-order valence-electron chi connectivity index (χ1n) is 7.83. The fraction of sp³-hybridized carbons (Fsp3) is 0.933. The lowest BCUT2D eigenvalue weighted by molar-refractivity contribution is -0.128. The molecule has 2 N–H and O–H groups in total. The molecule has 0 spiro atoms. The Labute approximate surface area is 127 Å². The third-order valence-corrected chi connectivity index (χ3v) is 7.36. The topological polar surface area (TPSA) is 83.5 Å². The molecule has 2 rings (SSSR count). The molecule has 122 valence electrons. The van der Waals surface area contributed by atoms with E-state index >= 15 is 0 Å². The largest absolute Gasteiger partial charge is 0.393 e. The van der Waals surface area contributed by atoms with Gasteiger partial charge in [0.2, 0.25) is 10.0 Å². The first kappa shape index (κ1) is 16.9. The highest BCUT2D eigenvalue weighted by atomic mass is 32.2. The molecule has 3 atom stereocenters. The van der Waals surface area contributed by atoms with Crippen molar-refractivity contribution in [2.45, 2.75) is 59.0 Å². The van der Waals surface area contributed by atoms with Crippen LogP contribution in [-0.4, -0.2) is 37.7 Å². The van der Waals surface area contributed by atoms with Crippen LogP contribution < -0.4 is 4.72 Å². The zero-order valence-electron chi connectivity index (χ0n) is 13.2. The van der Waals surface area contributed by atoms with Crippen molar-refractivity contribution in [1.82, 2.24) is 4.72 Å². The number of carbonyl (C=O) groups excluding carboxylic acids is 1. The van der Waals surface area contributed by atoms with Crippen LogP contribution in [-0.2, 0) is 14.8 Å². The van der Waals surface area contributed by atoms with Crippen molar-refractivity contribution in [2.24, 2.45) is 16.7 Å². The summed E-state index contributed by atoms with van der Waals surface area (Å²) in [7, 11) is -3.50. The highest BCUT2D eigenvalue weighted by Gasteiger charge is 2.65. The van der Waals surface area contributed by atoms with Gasteiger partial charge in [0.15, 0.2) is 0 Å². The number of rotatable bonds is 7. The molecule has 0 aliphatic heterocycles. The van der Waals surface area contributed by atoms with Crippen molar-refractivity contribution in [2.75, 3.05) is 12.3 Å². The molecule has 0 aromatic heterocycles. The second kappa shape index (κ2) is 5.63. The molecule has 0 radical (unpaired) electrons. The summed E-state index contributed by atoms with van der Waals surface area (Å²) in [6, 6.07) is 0. The van der Waals surface area contributed by atoms with Crippen LogP contribution >= 0.6 is 0 Å². The van der Waals surface area contributed by atoms with E-state index in [2.05, 4.69) is 4.72 Å². The van der Waals surface area contributed by atoms with Gasteiger partial charge in [-0.1, -0.05) is 20.8 Å². The summed E-state index contributed by atoms with van der Waals surface area (Å²) in [4.78, 5) is 12.3. The van der Waals surface area contributed by atoms with Gasteiger partial charge < -0.3 is 5.11 Å². The van der Waals surface area contributed by atoms with Gasteiger partial charge in [0.1, 0.15) is 5.78 Å². The van der Waals surface area contributed by atoms with E-state index in [-0.39, 0.29) is 23.5 Å². The number of hydrogen-bond acceptors (Lipinski definition) is 4. The lowest BCUT2D eigenvalue weighted by atomic mass is 9.70. The van der Waals surface area contributed by atoms with Gasteiger partial charge in [0.25, 0.3) is 0 Å². The minimum absolute atomic E-state index is 0.107. The van der Waals surface area contributed by atoms with Crippen molar-refractivity contribution in [3.05, 3.63) is 0 Å². The minimum Gasteiger partial charge on any atom is -0.393 e. The molecule has 0 aromatic carbocycles. The Morgan fingerprint density at radius 3 is 2.57 bits per heavy atom. The van der Waals surface area contributed by atoms with Crippen LogP contribution in [0.1, 0.15) is 52.9 Å². The monoisotopic (exact) mass is 317 g/mol. The maximum atomic E-state index is 12.3. The molecule has 0 amide bonds. The van der Waals surface area contributed by atoms with Crippen LogP contribution in [0.3, 0.4) is 0 Å². The molecule has 2 aliphatic carbocycles. The molecule has 0 saturated heterocycles. The van der Waals surface area contributed by atoms with Crippen molar-refractivity contribution in [1.29, 1.82) is 0 Å². The maximum Gasteiger partial charge on any atom is 0.212 e. The second-order valence-electron chi connectivity index (χ2n) is 7.17. The van der Waals surface area contributed by atoms with E-state index in [1.807, 2.05) is 20.8 Å². The number of aliphatic hydroxyl groups is 1. The van der Waals surface area contributed by atoms with Crippen LogP contribution in [0, 0.1) is 16.7 Å². The molecule has 5 nitrogen and oxygen atoms in total. The molecule has 2 fully saturated rings. The number of hydrogen-bond donors (Lipinski definition) is 2. The van der Waals surface area contributed by atoms with Crippen LogP contribution in [0.5, 0.6) is 0 Å². The first-order valence-corrected chi connectivity index (χ1v) is 9.48. The molecule has 21 heavy (non-hydrogen) atoms. The van der Waals surface area contributed by atoms with Gasteiger partial charge in [-0.15, -0.1) is 0 Å². The molecule has 2 saturated carbocycles. The van der Waals surface area contributed by atoms with E-state index in [4.69, 9.17) is 0 Å². The van der Waals surface area contributed by atoms with E-state index in [0.717, 1.165) is 6.42 Å². The smallest absolute Gasteiger partial charge is 0.212 e. The molecule has 0 aromatic rings. The van der Waals surface area contributed by atoms with Crippen molar-refractivity contribution in [3.63, 3.8) is 0 Å². The van der Waals surface area contributed by atoms with Gasteiger partial charge in [0, 0.05) is 18.4 Å². The number of nitrogens with one attached hydrogen (secondary N) is 1. The zero-order chi connectivity index (χ0) is 15.9. The first-order chi connectivity index (χ1) is 9.64. The fourth-order valence-corrected chi connectivity index (χ4v) is 5.93. The quantitative estimate of drug-likeness (QED) is 0.744. The second-order valence-corrected chi connectivity index (χ2v) is 8.98. The van der Waals surface area contributed by atoms with E-state index in [9.17, 15) is 18.3 Å². The average molecular weight is 317 g/mol. The lowest BCUT2D eigenvalue weighted by Gasteiger charge is -2.36. The Hall–Kier alpha value is -0.460. The summed E-state index contributed by atoms with van der Waals surface area (Å²) >= 11 is 0. The molecule has 2 aliphatic rings. The van der Waals surface area contributed by atoms with Gasteiger partial charge in [-0.05, 0) is 37.0 Å². The van der Waals surface area contributed by atoms with E-state index in [0.29, 0.717) is 31.6 Å². The predicted molar refractivity (Wildman–Crippen MR) is 81.3 cm³/mol. The van der Waals surface area contributed by atoms with E-state index < -0.39 is 21.5 Å². The zero-order valence-corrected chi connectivity index (χ0v) is 14.0.